The first-order valence-corrected chi connectivity index (χ1v) is 7.38. The van der Waals surface area contributed by atoms with Gasteiger partial charge in [-0.05, 0) is 30.7 Å². The number of benzene rings is 2. The average Bonchev–Trinajstić information content (AvgIpc) is 2.54. The number of anilines is 1. The standard InChI is InChI=1S/C18H18N2O4/c1-11(13-6-4-3-5-7-13)19-17(22)14-8-15(18(23)24)10-16(9-14)20-12(2)21/h3-11H,1-2H3,(H,19,22)(H,20,21)(H,23,24)/t11-/m1/s1. The maximum atomic E-state index is 12.4. The Morgan fingerprint density at radius 3 is 2.21 bits per heavy atom. The first kappa shape index (κ1) is 17.2. The van der Waals surface area contributed by atoms with Gasteiger partial charge in [-0.3, -0.25) is 9.59 Å². The quantitative estimate of drug-likeness (QED) is 0.787. The van der Waals surface area contributed by atoms with Crippen molar-refractivity contribution in [2.45, 2.75) is 19.9 Å². The average molecular weight is 326 g/mol. The Kier molecular flexibility index (Phi) is 5.31. The van der Waals surface area contributed by atoms with Gasteiger partial charge < -0.3 is 15.7 Å². The van der Waals surface area contributed by atoms with Crippen molar-refractivity contribution < 1.29 is 19.5 Å². The predicted octanol–water partition coefficient (Wildman–Crippen LogP) is 2.83. The molecule has 0 saturated heterocycles. The second-order valence-electron chi connectivity index (χ2n) is 5.39. The summed E-state index contributed by atoms with van der Waals surface area (Å²) in [6, 6.07) is 13.2. The molecule has 2 aromatic carbocycles. The van der Waals surface area contributed by atoms with E-state index in [9.17, 15) is 14.4 Å². The highest BCUT2D eigenvalue weighted by Gasteiger charge is 2.15. The minimum Gasteiger partial charge on any atom is -0.478 e. The SMILES string of the molecule is CC(=O)Nc1cc(C(=O)O)cc(C(=O)N[C@H](C)c2ccccc2)c1. The Morgan fingerprint density at radius 1 is 1.00 bits per heavy atom. The smallest absolute Gasteiger partial charge is 0.335 e. The largest absolute Gasteiger partial charge is 0.478 e. The third kappa shape index (κ3) is 4.42. The van der Waals surface area contributed by atoms with Crippen LogP contribution in [0.25, 0.3) is 0 Å². The van der Waals surface area contributed by atoms with E-state index in [2.05, 4.69) is 10.6 Å². The molecule has 1 atom stereocenters. The summed E-state index contributed by atoms with van der Waals surface area (Å²) >= 11 is 0. The van der Waals surface area contributed by atoms with Crippen molar-refractivity contribution in [1.82, 2.24) is 5.32 Å². The van der Waals surface area contributed by atoms with Gasteiger partial charge in [-0.2, -0.15) is 0 Å². The molecule has 0 spiro atoms. The summed E-state index contributed by atoms with van der Waals surface area (Å²) < 4.78 is 0. The van der Waals surface area contributed by atoms with Crippen LogP contribution in [-0.2, 0) is 4.79 Å². The van der Waals surface area contributed by atoms with E-state index in [4.69, 9.17) is 5.11 Å². The molecule has 124 valence electrons. The van der Waals surface area contributed by atoms with Gasteiger partial charge in [-0.25, -0.2) is 4.79 Å². The number of nitrogens with one attached hydrogen (secondary N) is 2. The molecule has 24 heavy (non-hydrogen) atoms. The van der Waals surface area contributed by atoms with Gasteiger partial charge in [0.2, 0.25) is 5.91 Å². The number of hydrogen-bond acceptors (Lipinski definition) is 3. The van der Waals surface area contributed by atoms with Crippen molar-refractivity contribution in [1.29, 1.82) is 0 Å². The number of carbonyl (C=O) groups is 3. The topological polar surface area (TPSA) is 95.5 Å². The van der Waals surface area contributed by atoms with Crippen LogP contribution in [0.2, 0.25) is 0 Å². The molecule has 6 nitrogen and oxygen atoms in total. The number of carboxylic acids is 1. The lowest BCUT2D eigenvalue weighted by atomic mass is 10.1. The summed E-state index contributed by atoms with van der Waals surface area (Å²) in [6.07, 6.45) is 0. The number of amides is 2. The molecule has 0 aliphatic heterocycles. The lowest BCUT2D eigenvalue weighted by Gasteiger charge is -2.15. The molecule has 0 saturated carbocycles. The van der Waals surface area contributed by atoms with Crippen molar-refractivity contribution in [3.8, 4) is 0 Å². The van der Waals surface area contributed by atoms with Gasteiger partial charge in [0.15, 0.2) is 0 Å². The summed E-state index contributed by atoms with van der Waals surface area (Å²) in [4.78, 5) is 34.8. The Balaban J connectivity index is 2.26. The van der Waals surface area contributed by atoms with Crippen LogP contribution >= 0.6 is 0 Å². The van der Waals surface area contributed by atoms with Crippen molar-refractivity contribution in [2.75, 3.05) is 5.32 Å². The summed E-state index contributed by atoms with van der Waals surface area (Å²) in [5.41, 5.74) is 1.29. The van der Waals surface area contributed by atoms with Crippen LogP contribution in [-0.4, -0.2) is 22.9 Å². The number of carboxylic acid groups (broad SMARTS) is 1. The second kappa shape index (κ2) is 7.41. The second-order valence-corrected chi connectivity index (χ2v) is 5.39. The van der Waals surface area contributed by atoms with Crippen molar-refractivity contribution in [2.24, 2.45) is 0 Å². The summed E-state index contributed by atoms with van der Waals surface area (Å²) in [7, 11) is 0. The Bertz CT molecular complexity index is 772. The van der Waals surface area contributed by atoms with E-state index in [1.807, 2.05) is 37.3 Å². The molecular weight excluding hydrogens is 308 g/mol. The van der Waals surface area contributed by atoms with Crippen LogP contribution < -0.4 is 10.6 Å². The van der Waals surface area contributed by atoms with Crippen molar-refractivity contribution in [3.05, 3.63) is 65.2 Å². The molecule has 0 aromatic heterocycles. The number of aromatic carboxylic acids is 1. The Labute approximate surface area is 139 Å². The molecule has 0 heterocycles. The molecule has 0 aliphatic rings. The molecule has 0 radical (unpaired) electrons. The van der Waals surface area contributed by atoms with Crippen LogP contribution in [0.3, 0.4) is 0 Å². The maximum Gasteiger partial charge on any atom is 0.335 e. The molecule has 0 unspecified atom stereocenters. The highest BCUT2D eigenvalue weighted by atomic mass is 16.4. The van der Waals surface area contributed by atoms with Gasteiger partial charge >= 0.3 is 5.97 Å². The molecule has 6 heteroatoms. The highest BCUT2D eigenvalue weighted by molar-refractivity contribution is 6.00. The number of rotatable bonds is 5. The van der Waals surface area contributed by atoms with E-state index in [1.165, 1.54) is 25.1 Å². The van der Waals surface area contributed by atoms with E-state index < -0.39 is 11.9 Å². The van der Waals surface area contributed by atoms with E-state index >= 15 is 0 Å². The van der Waals surface area contributed by atoms with Crippen LogP contribution in [0.4, 0.5) is 5.69 Å². The van der Waals surface area contributed by atoms with Gasteiger partial charge in [0.05, 0.1) is 11.6 Å². The van der Waals surface area contributed by atoms with Crippen LogP contribution in [0, 0.1) is 0 Å². The first-order valence-electron chi connectivity index (χ1n) is 7.38. The third-order valence-corrected chi connectivity index (χ3v) is 3.41. The maximum absolute atomic E-state index is 12.4. The molecule has 2 rings (SSSR count). The minimum atomic E-state index is -1.17. The fourth-order valence-electron chi connectivity index (χ4n) is 2.26. The van der Waals surface area contributed by atoms with Gasteiger partial charge in [0.25, 0.3) is 5.91 Å². The molecule has 3 N–H and O–H groups in total. The Hall–Kier alpha value is -3.15. The zero-order valence-electron chi connectivity index (χ0n) is 13.4. The first-order chi connectivity index (χ1) is 11.4. The lowest BCUT2D eigenvalue weighted by Crippen LogP contribution is -2.27. The molecule has 2 aromatic rings. The zero-order valence-corrected chi connectivity index (χ0v) is 13.4. The van der Waals surface area contributed by atoms with Crippen molar-refractivity contribution in [3.63, 3.8) is 0 Å². The van der Waals surface area contributed by atoms with Gasteiger partial charge in [-0.1, -0.05) is 30.3 Å². The van der Waals surface area contributed by atoms with E-state index in [-0.39, 0.29) is 28.8 Å². The molecule has 2 amide bonds. The fourth-order valence-corrected chi connectivity index (χ4v) is 2.26. The van der Waals surface area contributed by atoms with Gasteiger partial charge in [0, 0.05) is 18.2 Å². The molecular formula is C18H18N2O4. The Morgan fingerprint density at radius 2 is 1.62 bits per heavy atom. The monoisotopic (exact) mass is 326 g/mol. The van der Waals surface area contributed by atoms with E-state index in [1.54, 1.807) is 0 Å². The number of hydrogen-bond donors (Lipinski definition) is 3. The van der Waals surface area contributed by atoms with Crippen LogP contribution in [0.5, 0.6) is 0 Å². The molecule has 0 fully saturated rings. The summed E-state index contributed by atoms with van der Waals surface area (Å²) in [5, 5.41) is 14.5. The highest BCUT2D eigenvalue weighted by Crippen LogP contribution is 2.17. The van der Waals surface area contributed by atoms with Crippen molar-refractivity contribution >= 4 is 23.5 Å². The van der Waals surface area contributed by atoms with Crippen LogP contribution in [0.1, 0.15) is 46.2 Å². The van der Waals surface area contributed by atoms with Gasteiger partial charge in [0.1, 0.15) is 0 Å². The summed E-state index contributed by atoms with van der Waals surface area (Å²) in [5.74, 6) is -1.94. The predicted molar refractivity (Wildman–Crippen MR) is 90.0 cm³/mol. The van der Waals surface area contributed by atoms with Gasteiger partial charge in [-0.15, -0.1) is 0 Å². The number of carbonyl (C=O) groups excluding carboxylic acids is 2. The van der Waals surface area contributed by atoms with Crippen LogP contribution in [0.15, 0.2) is 48.5 Å². The molecule has 0 aliphatic carbocycles. The zero-order chi connectivity index (χ0) is 17.7. The van der Waals surface area contributed by atoms with E-state index in [0.29, 0.717) is 0 Å². The summed E-state index contributed by atoms with van der Waals surface area (Å²) in [6.45, 7) is 3.15. The molecule has 0 bridgehead atoms. The fraction of sp³-hybridized carbons (Fsp3) is 0.167. The normalized spacial score (nSPS) is 11.4. The van der Waals surface area contributed by atoms with E-state index in [0.717, 1.165) is 5.56 Å². The third-order valence-electron chi connectivity index (χ3n) is 3.41. The lowest BCUT2D eigenvalue weighted by molar-refractivity contribution is -0.114. The minimum absolute atomic E-state index is 0.0706.